The van der Waals surface area contributed by atoms with Gasteiger partial charge in [-0.15, -0.1) is 0 Å². The maximum atomic E-state index is 14.4. The highest BCUT2D eigenvalue weighted by Crippen LogP contribution is 2.68. The van der Waals surface area contributed by atoms with E-state index in [1.165, 1.54) is 0 Å². The molecule has 0 heterocycles. The van der Waals surface area contributed by atoms with Gasteiger partial charge in [0.15, 0.2) is 0 Å². The first kappa shape index (κ1) is 46.0. The highest BCUT2D eigenvalue weighted by molar-refractivity contribution is 6.99. The molecule has 3 aliphatic carbocycles. The largest absolute Gasteiger partial charge is 0.460 e. The van der Waals surface area contributed by atoms with Crippen LogP contribution in [0.5, 0.6) is 0 Å². The molecule has 2 aromatic carbocycles. The number of aliphatic hydroxyl groups excluding tert-OH is 1. The first-order valence-electron chi connectivity index (χ1n) is 22.1. The number of esters is 1. The zero-order chi connectivity index (χ0) is 42.6. The smallest absolute Gasteiger partial charge is 0.407 e. The van der Waals surface area contributed by atoms with Gasteiger partial charge >= 0.3 is 12.1 Å². The monoisotopic (exact) mass is 819 g/mol. The van der Waals surface area contributed by atoms with E-state index in [2.05, 4.69) is 83.4 Å². The Morgan fingerprint density at radius 3 is 2.07 bits per heavy atom. The number of ether oxygens (including phenoxy) is 2. The Bertz CT molecular complexity index is 1650. The summed E-state index contributed by atoms with van der Waals surface area (Å²) in [5.74, 6) is -0.470. The van der Waals surface area contributed by atoms with E-state index in [-0.39, 0.29) is 35.2 Å². The van der Waals surface area contributed by atoms with Gasteiger partial charge in [-0.2, -0.15) is 0 Å². The Morgan fingerprint density at radius 2 is 1.50 bits per heavy atom. The fraction of sp³-hybridized carbons (Fsp3) is 0.688. The minimum absolute atomic E-state index is 0.121. The van der Waals surface area contributed by atoms with Gasteiger partial charge < -0.3 is 29.6 Å². The summed E-state index contributed by atoms with van der Waals surface area (Å²) in [6.07, 6.45) is 5.27. The van der Waals surface area contributed by atoms with Crippen molar-refractivity contribution in [3.05, 3.63) is 60.7 Å². The minimum atomic E-state index is -3.00. The number of nitrogens with one attached hydrogen (secondary N) is 2. The number of carbonyl (C=O) groups excluding carboxylic acids is 3. The van der Waals surface area contributed by atoms with Crippen molar-refractivity contribution in [2.45, 2.75) is 150 Å². The summed E-state index contributed by atoms with van der Waals surface area (Å²) in [4.78, 5) is 40.8. The van der Waals surface area contributed by atoms with E-state index in [0.717, 1.165) is 55.4 Å². The Morgan fingerprint density at radius 1 is 0.897 bits per heavy atom. The number of hydrogen-bond donors (Lipinski definition) is 3. The van der Waals surface area contributed by atoms with Gasteiger partial charge in [0, 0.05) is 36.8 Å². The van der Waals surface area contributed by atoms with Crippen LogP contribution in [0.3, 0.4) is 0 Å². The van der Waals surface area contributed by atoms with E-state index >= 15 is 0 Å². The highest BCUT2D eigenvalue weighted by atomic mass is 28.4. The first-order valence-corrected chi connectivity index (χ1v) is 24.0. The van der Waals surface area contributed by atoms with Crippen LogP contribution < -0.4 is 21.0 Å². The Kier molecular flexibility index (Phi) is 14.5. The molecule has 0 radical (unpaired) electrons. The number of alkyl carbamates (subject to hydrolysis) is 1. The average molecular weight is 819 g/mol. The van der Waals surface area contributed by atoms with Crippen LogP contribution in [0, 0.1) is 34.0 Å². The number of benzene rings is 2. The number of ketones is 1. The standard InChI is InChI=1S/C48H74N2O7Si/c1-11-46(9)31-39(56-40(52)33-55-58(45(6,7)8,35-21-15-12-16-22-35)36-23-17-13-18-24-36)47(10)34(2)25-27-48(28-26-38(51)41(47)48)37(42(46)53)32-49-29-19-14-20-30-50-43(54)57-44(3,4)5/h12-13,15-18,21-24,34,37,39,41-42,49,53H,11,14,19-20,25-33H2,1-10H3,(H,50,54)/t34-,37+,39-,41?,42+,46+,47+,48+/m1/s1. The fourth-order valence-corrected chi connectivity index (χ4v) is 15.7. The third-order valence-corrected chi connectivity index (χ3v) is 19.6. The molecule has 322 valence electrons. The van der Waals surface area contributed by atoms with E-state index in [1.54, 1.807) is 0 Å². The summed E-state index contributed by atoms with van der Waals surface area (Å²) in [5.41, 5.74) is -2.07. The van der Waals surface area contributed by atoms with Crippen LogP contribution >= 0.6 is 0 Å². The number of hydrogen-bond acceptors (Lipinski definition) is 8. The van der Waals surface area contributed by atoms with Gasteiger partial charge in [-0.1, -0.05) is 116 Å². The summed E-state index contributed by atoms with van der Waals surface area (Å²) < 4.78 is 19.1. The lowest BCUT2D eigenvalue weighted by Crippen LogP contribution is -2.67. The number of unbranched alkanes of at least 4 members (excludes halogenated alkanes) is 2. The summed E-state index contributed by atoms with van der Waals surface area (Å²) >= 11 is 0. The molecule has 0 aromatic heterocycles. The molecule has 58 heavy (non-hydrogen) atoms. The predicted octanol–water partition coefficient (Wildman–Crippen LogP) is 7.96. The van der Waals surface area contributed by atoms with Gasteiger partial charge in [-0.05, 0) is 104 Å². The lowest BCUT2D eigenvalue weighted by atomic mass is 9.43. The molecule has 8 atom stereocenters. The summed E-state index contributed by atoms with van der Waals surface area (Å²) in [5, 5.41) is 21.1. The molecule has 3 saturated carbocycles. The molecule has 3 aliphatic rings. The van der Waals surface area contributed by atoms with Crippen LogP contribution in [0.2, 0.25) is 5.04 Å². The molecular formula is C48H74N2O7Si. The highest BCUT2D eigenvalue weighted by Gasteiger charge is 2.69. The average Bonchev–Trinajstić information content (AvgIpc) is 3.52. The molecule has 9 nitrogen and oxygen atoms in total. The second-order valence-electron chi connectivity index (χ2n) is 20.3. The molecule has 10 heteroatoms. The molecule has 2 aromatic rings. The third-order valence-electron chi connectivity index (χ3n) is 14.6. The molecular weight excluding hydrogens is 745 g/mol. The van der Waals surface area contributed by atoms with Crippen LogP contribution in [-0.4, -0.2) is 75.3 Å². The van der Waals surface area contributed by atoms with E-state index < -0.39 is 54.4 Å². The Labute approximate surface area is 350 Å². The summed E-state index contributed by atoms with van der Waals surface area (Å²) in [6.45, 7) is 22.6. The maximum absolute atomic E-state index is 14.4. The van der Waals surface area contributed by atoms with Crippen molar-refractivity contribution in [3.8, 4) is 0 Å². The Hall–Kier alpha value is -3.05. The molecule has 2 bridgehead atoms. The SMILES string of the molecule is CC[C@@]1(C)C[C@@H](OC(=O)CO[Si](c2ccccc2)(c2ccccc2)C(C)(C)C)[C@@]2(C)C3C(=O)CC[C@@]3(CC[C@H]2C)[C@@H](CNCCCCCNC(=O)OC(C)(C)C)[C@@H]1O. The number of carbonyl (C=O) groups is 3. The van der Waals surface area contributed by atoms with Crippen LogP contribution in [0.1, 0.15) is 127 Å². The van der Waals surface area contributed by atoms with E-state index in [1.807, 2.05) is 57.2 Å². The topological polar surface area (TPSA) is 123 Å². The van der Waals surface area contributed by atoms with Crippen molar-refractivity contribution in [2.24, 2.45) is 34.0 Å². The van der Waals surface area contributed by atoms with Gasteiger partial charge in [-0.25, -0.2) is 9.59 Å². The molecule has 3 N–H and O–H groups in total. The molecule has 1 unspecified atom stereocenters. The maximum Gasteiger partial charge on any atom is 0.407 e. The van der Waals surface area contributed by atoms with Crippen LogP contribution in [0.15, 0.2) is 60.7 Å². The molecule has 0 saturated heterocycles. The summed E-state index contributed by atoms with van der Waals surface area (Å²) in [6, 6.07) is 20.6. The number of aliphatic hydroxyl groups is 1. The van der Waals surface area contributed by atoms with Gasteiger partial charge in [-0.3, -0.25) is 4.79 Å². The fourth-order valence-electron chi connectivity index (χ4n) is 11.2. The van der Waals surface area contributed by atoms with E-state index in [0.29, 0.717) is 32.4 Å². The predicted molar refractivity (Wildman–Crippen MR) is 234 cm³/mol. The lowest BCUT2D eigenvalue weighted by molar-refractivity contribution is -0.214. The van der Waals surface area contributed by atoms with Crippen molar-refractivity contribution in [2.75, 3.05) is 26.2 Å². The van der Waals surface area contributed by atoms with Gasteiger partial charge in [0.25, 0.3) is 8.32 Å². The first-order chi connectivity index (χ1) is 27.2. The Balaban J connectivity index is 1.36. The molecule has 0 spiro atoms. The second kappa shape index (κ2) is 18.3. The minimum Gasteiger partial charge on any atom is -0.460 e. The van der Waals surface area contributed by atoms with Crippen molar-refractivity contribution < 1.29 is 33.4 Å². The van der Waals surface area contributed by atoms with Gasteiger partial charge in [0.1, 0.15) is 24.1 Å². The zero-order valence-corrected chi connectivity index (χ0v) is 38.2. The number of Topliss-reactive ketones (excluding diaryl/α,β-unsaturated/α-hetero) is 1. The van der Waals surface area contributed by atoms with Crippen molar-refractivity contribution in [1.82, 2.24) is 10.6 Å². The van der Waals surface area contributed by atoms with Crippen molar-refractivity contribution >= 4 is 36.5 Å². The van der Waals surface area contributed by atoms with Crippen LogP contribution in [0.25, 0.3) is 0 Å². The van der Waals surface area contributed by atoms with E-state index in [9.17, 15) is 19.5 Å². The van der Waals surface area contributed by atoms with E-state index in [4.69, 9.17) is 13.9 Å². The van der Waals surface area contributed by atoms with Gasteiger partial charge in [0.05, 0.1) is 6.10 Å². The second-order valence-corrected chi connectivity index (χ2v) is 24.6. The normalized spacial score (nSPS) is 30.2. The van der Waals surface area contributed by atoms with Gasteiger partial charge in [0.2, 0.25) is 0 Å². The van der Waals surface area contributed by atoms with Crippen molar-refractivity contribution in [3.63, 3.8) is 0 Å². The number of rotatable bonds is 15. The quantitative estimate of drug-likeness (QED) is 0.0941. The zero-order valence-electron chi connectivity index (χ0n) is 37.2. The molecule has 5 rings (SSSR count). The third kappa shape index (κ3) is 9.30. The van der Waals surface area contributed by atoms with Crippen LogP contribution in [-0.2, 0) is 23.5 Å². The number of amides is 1. The molecule has 1 amide bonds. The van der Waals surface area contributed by atoms with Crippen molar-refractivity contribution in [1.29, 1.82) is 0 Å². The summed E-state index contributed by atoms with van der Waals surface area (Å²) in [7, 11) is -3.00. The van der Waals surface area contributed by atoms with Crippen LogP contribution in [0.4, 0.5) is 4.79 Å². The molecule has 0 aliphatic heterocycles. The molecule has 3 fully saturated rings. The lowest BCUT2D eigenvalue weighted by Gasteiger charge is -2.62.